The normalized spacial score (nSPS) is 12.3. The van der Waals surface area contributed by atoms with E-state index in [0.29, 0.717) is 0 Å². The molecule has 0 aliphatic heterocycles. The van der Waals surface area contributed by atoms with Gasteiger partial charge in [0.2, 0.25) is 0 Å². The fourth-order valence-electron chi connectivity index (χ4n) is 1.97. The van der Waals surface area contributed by atoms with Gasteiger partial charge in [-0.1, -0.05) is 23.7 Å². The summed E-state index contributed by atoms with van der Waals surface area (Å²) in [5.41, 5.74) is -0.281. The van der Waals surface area contributed by atoms with Crippen LogP contribution in [0.5, 0.6) is 0 Å². The molecule has 0 saturated heterocycles. The number of alkyl halides is 3. The average Bonchev–Trinajstić information content (AvgIpc) is 2.53. The predicted octanol–water partition coefficient (Wildman–Crippen LogP) is 4.67. The highest BCUT2D eigenvalue weighted by Gasteiger charge is 2.41. The van der Waals surface area contributed by atoms with Crippen molar-refractivity contribution in [2.45, 2.75) is 12.2 Å². The highest BCUT2D eigenvalue weighted by atomic mass is 35.5. The first kappa shape index (κ1) is 18.5. The van der Waals surface area contributed by atoms with E-state index in [2.05, 4.69) is 5.32 Å². The second-order valence-electron chi connectivity index (χ2n) is 4.93. The van der Waals surface area contributed by atoms with Crippen LogP contribution in [-0.2, 0) is 0 Å². The molecule has 25 heavy (non-hydrogen) atoms. The fraction of sp³-hybridized carbons (Fsp3) is 0.133. The van der Waals surface area contributed by atoms with Gasteiger partial charge in [0.1, 0.15) is 0 Å². The van der Waals surface area contributed by atoms with Crippen molar-refractivity contribution in [1.29, 1.82) is 0 Å². The molecule has 1 unspecified atom stereocenters. The zero-order chi connectivity index (χ0) is 18.6. The second-order valence-corrected chi connectivity index (χ2v) is 5.37. The number of hydrogen-bond donors (Lipinski definition) is 2. The van der Waals surface area contributed by atoms with Gasteiger partial charge in [0, 0.05) is 22.8 Å². The molecule has 0 aliphatic carbocycles. The molecular formula is C15H11ClF3N3O3. The minimum Gasteiger partial charge on any atom is -0.322 e. The van der Waals surface area contributed by atoms with E-state index in [1.807, 2.05) is 5.32 Å². The van der Waals surface area contributed by atoms with Crippen molar-refractivity contribution in [3.05, 3.63) is 69.2 Å². The summed E-state index contributed by atoms with van der Waals surface area (Å²) in [6.45, 7) is 0. The summed E-state index contributed by atoms with van der Waals surface area (Å²) in [4.78, 5) is 21.8. The molecule has 6 nitrogen and oxygen atoms in total. The minimum absolute atomic E-state index is 0.111. The summed E-state index contributed by atoms with van der Waals surface area (Å²) in [5, 5.41) is 14.8. The van der Waals surface area contributed by atoms with Gasteiger partial charge in [-0.3, -0.25) is 10.1 Å². The summed E-state index contributed by atoms with van der Waals surface area (Å²) in [6, 6.07) is 6.21. The molecule has 2 aromatic carbocycles. The monoisotopic (exact) mass is 373 g/mol. The zero-order valence-electron chi connectivity index (χ0n) is 12.4. The molecule has 2 rings (SSSR count). The Kier molecular flexibility index (Phi) is 5.48. The van der Waals surface area contributed by atoms with E-state index in [1.165, 1.54) is 24.3 Å². The summed E-state index contributed by atoms with van der Waals surface area (Å²) in [7, 11) is 0. The van der Waals surface area contributed by atoms with Crippen molar-refractivity contribution >= 4 is 29.0 Å². The zero-order valence-corrected chi connectivity index (χ0v) is 13.1. The van der Waals surface area contributed by atoms with Gasteiger partial charge < -0.3 is 10.6 Å². The topological polar surface area (TPSA) is 84.3 Å². The standard InChI is InChI=1S/C15H11ClF3N3O3/c16-10-3-1-9(2-4-10)13(15(17,18)19)21-14(23)20-11-5-7-12(8-6-11)22(24)25/h1-8,13H,(H2,20,21,23). The number of halogens is 4. The van der Waals surface area contributed by atoms with Crippen LogP contribution in [0.25, 0.3) is 0 Å². The number of hydrogen-bond acceptors (Lipinski definition) is 3. The highest BCUT2D eigenvalue weighted by molar-refractivity contribution is 6.30. The third kappa shape index (κ3) is 5.08. The summed E-state index contributed by atoms with van der Waals surface area (Å²) < 4.78 is 39.6. The average molecular weight is 374 g/mol. The second kappa shape index (κ2) is 7.39. The molecule has 1 atom stereocenters. The van der Waals surface area contributed by atoms with Gasteiger partial charge in [0.25, 0.3) is 5.69 Å². The number of amides is 2. The van der Waals surface area contributed by atoms with Crippen molar-refractivity contribution in [1.82, 2.24) is 5.32 Å². The first-order chi connectivity index (χ1) is 11.7. The van der Waals surface area contributed by atoms with E-state index in [-0.39, 0.29) is 22.0 Å². The van der Waals surface area contributed by atoms with Crippen LogP contribution in [0.15, 0.2) is 48.5 Å². The van der Waals surface area contributed by atoms with Gasteiger partial charge in [0.05, 0.1) is 4.92 Å². The SMILES string of the molecule is O=C(Nc1ccc([N+](=O)[O-])cc1)NC(c1ccc(Cl)cc1)C(F)(F)F. The number of urea groups is 1. The Morgan fingerprint density at radius 2 is 1.64 bits per heavy atom. The van der Waals surface area contributed by atoms with Gasteiger partial charge in [-0.2, -0.15) is 13.2 Å². The summed E-state index contributed by atoms with van der Waals surface area (Å²) >= 11 is 5.65. The van der Waals surface area contributed by atoms with Gasteiger partial charge >= 0.3 is 12.2 Å². The Hall–Kier alpha value is -2.81. The van der Waals surface area contributed by atoms with Gasteiger partial charge in [0.15, 0.2) is 6.04 Å². The third-order valence-electron chi connectivity index (χ3n) is 3.14. The molecule has 10 heteroatoms. The van der Waals surface area contributed by atoms with Gasteiger partial charge in [-0.25, -0.2) is 4.79 Å². The van der Waals surface area contributed by atoms with Crippen LogP contribution in [0.2, 0.25) is 5.02 Å². The maximum atomic E-state index is 13.2. The Labute approximate surface area is 144 Å². The molecule has 0 spiro atoms. The van der Waals surface area contributed by atoms with E-state index < -0.39 is 23.2 Å². The van der Waals surface area contributed by atoms with Crippen LogP contribution >= 0.6 is 11.6 Å². The van der Waals surface area contributed by atoms with E-state index in [9.17, 15) is 28.1 Å². The summed E-state index contributed by atoms with van der Waals surface area (Å²) in [6.07, 6.45) is -4.72. The quantitative estimate of drug-likeness (QED) is 0.603. The maximum Gasteiger partial charge on any atom is 0.412 e. The largest absolute Gasteiger partial charge is 0.412 e. The Morgan fingerprint density at radius 3 is 2.12 bits per heavy atom. The molecule has 132 valence electrons. The van der Waals surface area contributed by atoms with Gasteiger partial charge in [-0.05, 0) is 29.8 Å². The number of nitrogens with one attached hydrogen (secondary N) is 2. The highest BCUT2D eigenvalue weighted by Crippen LogP contribution is 2.33. The van der Waals surface area contributed by atoms with Crippen LogP contribution in [0.4, 0.5) is 29.3 Å². The lowest BCUT2D eigenvalue weighted by Gasteiger charge is -2.22. The van der Waals surface area contributed by atoms with Crippen molar-refractivity contribution < 1.29 is 22.9 Å². The number of nitrogens with zero attached hydrogens (tertiary/aromatic N) is 1. The Balaban J connectivity index is 2.11. The number of carbonyl (C=O) groups is 1. The van der Waals surface area contributed by atoms with Crippen molar-refractivity contribution in [2.75, 3.05) is 5.32 Å². The number of benzene rings is 2. The van der Waals surface area contributed by atoms with Crippen LogP contribution < -0.4 is 10.6 Å². The smallest absolute Gasteiger partial charge is 0.322 e. The number of nitro benzene ring substituents is 1. The van der Waals surface area contributed by atoms with Gasteiger partial charge in [-0.15, -0.1) is 0 Å². The Morgan fingerprint density at radius 1 is 1.08 bits per heavy atom. The van der Waals surface area contributed by atoms with E-state index in [0.717, 1.165) is 24.3 Å². The first-order valence-corrected chi connectivity index (χ1v) is 7.19. The summed E-state index contributed by atoms with van der Waals surface area (Å²) in [5.74, 6) is 0. The van der Waals surface area contributed by atoms with Crippen molar-refractivity contribution in [2.24, 2.45) is 0 Å². The lowest BCUT2D eigenvalue weighted by atomic mass is 10.1. The molecule has 0 radical (unpaired) electrons. The molecule has 2 N–H and O–H groups in total. The van der Waals surface area contributed by atoms with Crippen LogP contribution in [0, 0.1) is 10.1 Å². The molecule has 0 saturated carbocycles. The number of nitro groups is 1. The Bertz CT molecular complexity index is 764. The van der Waals surface area contributed by atoms with Crippen molar-refractivity contribution in [3.8, 4) is 0 Å². The van der Waals surface area contributed by atoms with E-state index >= 15 is 0 Å². The fourth-order valence-corrected chi connectivity index (χ4v) is 2.10. The van der Waals surface area contributed by atoms with E-state index in [4.69, 9.17) is 11.6 Å². The molecule has 0 fully saturated rings. The molecule has 2 amide bonds. The van der Waals surface area contributed by atoms with E-state index in [1.54, 1.807) is 0 Å². The molecule has 0 heterocycles. The molecule has 0 aliphatic rings. The van der Waals surface area contributed by atoms with Crippen LogP contribution in [0.3, 0.4) is 0 Å². The number of carbonyl (C=O) groups excluding carboxylic acids is 1. The van der Waals surface area contributed by atoms with Crippen molar-refractivity contribution in [3.63, 3.8) is 0 Å². The first-order valence-electron chi connectivity index (χ1n) is 6.81. The predicted molar refractivity (Wildman–Crippen MR) is 85.5 cm³/mol. The molecule has 2 aromatic rings. The molecular weight excluding hydrogens is 363 g/mol. The van der Waals surface area contributed by atoms with Crippen LogP contribution in [-0.4, -0.2) is 17.1 Å². The lowest BCUT2D eigenvalue weighted by Crippen LogP contribution is -2.40. The minimum atomic E-state index is -4.72. The molecule has 0 bridgehead atoms. The lowest BCUT2D eigenvalue weighted by molar-refractivity contribution is -0.384. The number of anilines is 1. The molecule has 0 aromatic heterocycles. The number of rotatable bonds is 4. The maximum absolute atomic E-state index is 13.2. The number of non-ortho nitro benzene ring substituents is 1. The van der Waals surface area contributed by atoms with Crippen LogP contribution in [0.1, 0.15) is 11.6 Å². The third-order valence-corrected chi connectivity index (χ3v) is 3.39.